The number of ether oxygens (including phenoxy) is 1. The molecule has 2 aliphatic rings. The lowest BCUT2D eigenvalue weighted by molar-refractivity contribution is -0.141. The van der Waals surface area contributed by atoms with E-state index in [1.165, 1.54) is 39.2 Å². The summed E-state index contributed by atoms with van der Waals surface area (Å²) in [5.41, 5.74) is -0.422. The Morgan fingerprint density at radius 3 is 2.58 bits per heavy atom. The van der Waals surface area contributed by atoms with Crippen LogP contribution in [0.3, 0.4) is 0 Å². The molecule has 0 radical (unpaired) electrons. The molecule has 1 aliphatic carbocycles. The molecule has 0 aromatic heterocycles. The molecule has 1 heterocycles. The van der Waals surface area contributed by atoms with E-state index in [0.29, 0.717) is 44.4 Å². The van der Waals surface area contributed by atoms with Gasteiger partial charge in [0.25, 0.3) is 0 Å². The Kier molecular flexibility index (Phi) is 8.08. The maximum absolute atomic E-state index is 12.4. The minimum Gasteiger partial charge on any atom is -0.469 e. The van der Waals surface area contributed by atoms with Gasteiger partial charge in [0.1, 0.15) is 0 Å². The van der Waals surface area contributed by atoms with Crippen LogP contribution in [-0.2, 0) is 14.3 Å². The second kappa shape index (κ2) is 10.3. The summed E-state index contributed by atoms with van der Waals surface area (Å²) in [4.78, 5) is 23.9. The van der Waals surface area contributed by atoms with Crippen molar-refractivity contribution in [1.82, 2.24) is 5.32 Å². The highest BCUT2D eigenvalue weighted by molar-refractivity contribution is 5.76. The molecule has 26 heavy (non-hydrogen) atoms. The van der Waals surface area contributed by atoms with Crippen LogP contribution in [0.4, 0.5) is 0 Å². The molecular formula is C20H31N3O3. The third-order valence-corrected chi connectivity index (χ3v) is 5.44. The fourth-order valence-corrected chi connectivity index (χ4v) is 3.75. The number of carbonyl (C=O) groups excluding carboxylic acids is 2. The Balaban J connectivity index is 1.78. The first kappa shape index (κ1) is 20.4. The van der Waals surface area contributed by atoms with Crippen LogP contribution in [-0.4, -0.2) is 30.7 Å². The van der Waals surface area contributed by atoms with Gasteiger partial charge in [-0.3, -0.25) is 9.59 Å². The van der Waals surface area contributed by atoms with Gasteiger partial charge in [0, 0.05) is 38.1 Å². The van der Waals surface area contributed by atoms with Crippen molar-refractivity contribution >= 4 is 11.9 Å². The average Bonchev–Trinajstić information content (AvgIpc) is 3.43. The van der Waals surface area contributed by atoms with E-state index in [2.05, 4.69) is 21.5 Å². The van der Waals surface area contributed by atoms with Crippen LogP contribution in [0.25, 0.3) is 0 Å². The van der Waals surface area contributed by atoms with Crippen LogP contribution in [0.1, 0.15) is 77.0 Å². The summed E-state index contributed by atoms with van der Waals surface area (Å²) < 4.78 is 4.74. The van der Waals surface area contributed by atoms with Gasteiger partial charge in [-0.05, 0) is 18.8 Å². The molecule has 0 saturated heterocycles. The predicted octanol–water partition coefficient (Wildman–Crippen LogP) is 3.75. The van der Waals surface area contributed by atoms with Crippen molar-refractivity contribution < 1.29 is 14.3 Å². The molecule has 1 aliphatic heterocycles. The second-order valence-electron chi connectivity index (χ2n) is 7.51. The zero-order valence-corrected chi connectivity index (χ0v) is 15.8. The number of esters is 1. The van der Waals surface area contributed by atoms with Crippen LogP contribution in [0.15, 0.2) is 10.2 Å². The van der Waals surface area contributed by atoms with E-state index >= 15 is 0 Å². The number of nitrogens with one attached hydrogen (secondary N) is 1. The maximum atomic E-state index is 12.4. The Morgan fingerprint density at radius 1 is 1.23 bits per heavy atom. The molecule has 0 aromatic rings. The summed E-state index contributed by atoms with van der Waals surface area (Å²) in [6, 6.07) is 0.0273. The minimum absolute atomic E-state index is 0.00746. The van der Waals surface area contributed by atoms with E-state index in [9.17, 15) is 9.59 Å². The molecule has 1 saturated carbocycles. The molecule has 6 nitrogen and oxygen atoms in total. The summed E-state index contributed by atoms with van der Waals surface area (Å²) in [6.45, 7) is 0. The third-order valence-electron chi connectivity index (χ3n) is 5.44. The fraction of sp³-hybridized carbons (Fsp3) is 0.800. The van der Waals surface area contributed by atoms with Gasteiger partial charge in [0.15, 0.2) is 5.66 Å². The Bertz CT molecular complexity index is 541. The second-order valence-corrected chi connectivity index (χ2v) is 7.51. The molecular weight excluding hydrogens is 330 g/mol. The van der Waals surface area contributed by atoms with Gasteiger partial charge in [-0.15, -0.1) is 12.3 Å². The molecule has 2 rings (SSSR count). The molecule has 0 bridgehead atoms. The van der Waals surface area contributed by atoms with E-state index in [4.69, 9.17) is 11.2 Å². The van der Waals surface area contributed by atoms with Crippen LogP contribution in [0.5, 0.6) is 0 Å². The standard InChI is InChI=1S/C20H31N3O3/c1-3-4-13-20(22-23-20)14-12-18(24)21-17(10-11-19(25)26-2)15-16-8-6-5-7-9-16/h1,16-17H,4-15H2,2H3,(H,21,24). The molecule has 1 N–H and O–H groups in total. The monoisotopic (exact) mass is 361 g/mol. The van der Waals surface area contributed by atoms with Crippen molar-refractivity contribution in [2.24, 2.45) is 16.1 Å². The molecule has 1 unspecified atom stereocenters. The highest BCUT2D eigenvalue weighted by Crippen LogP contribution is 2.37. The largest absolute Gasteiger partial charge is 0.469 e. The first-order valence-corrected chi connectivity index (χ1v) is 9.80. The van der Waals surface area contributed by atoms with E-state index in [1.54, 1.807) is 0 Å². The smallest absolute Gasteiger partial charge is 0.305 e. The van der Waals surface area contributed by atoms with Crippen LogP contribution in [0.2, 0.25) is 0 Å². The number of rotatable bonds is 11. The first-order chi connectivity index (χ1) is 12.6. The summed E-state index contributed by atoms with van der Waals surface area (Å²) in [6.07, 6.45) is 15.8. The van der Waals surface area contributed by atoms with Crippen molar-refractivity contribution in [2.45, 2.75) is 88.8 Å². The number of nitrogens with zero attached hydrogens (tertiary/aromatic N) is 2. The average molecular weight is 361 g/mol. The van der Waals surface area contributed by atoms with Crippen molar-refractivity contribution in [3.63, 3.8) is 0 Å². The number of amides is 1. The third kappa shape index (κ3) is 7.15. The molecule has 144 valence electrons. The SMILES string of the molecule is C#CCCC1(CCC(=O)NC(CCC(=O)OC)CC2CCCCC2)N=N1. The minimum atomic E-state index is -0.422. The van der Waals surface area contributed by atoms with Crippen molar-refractivity contribution in [2.75, 3.05) is 7.11 Å². The molecule has 1 atom stereocenters. The predicted molar refractivity (Wildman–Crippen MR) is 99.3 cm³/mol. The van der Waals surface area contributed by atoms with Gasteiger partial charge >= 0.3 is 5.97 Å². The lowest BCUT2D eigenvalue weighted by Gasteiger charge is -2.27. The highest BCUT2D eigenvalue weighted by Gasteiger charge is 2.39. The maximum Gasteiger partial charge on any atom is 0.305 e. The highest BCUT2D eigenvalue weighted by atomic mass is 16.5. The van der Waals surface area contributed by atoms with E-state index in [1.807, 2.05) is 0 Å². The topological polar surface area (TPSA) is 80.1 Å². The van der Waals surface area contributed by atoms with E-state index < -0.39 is 5.66 Å². The Morgan fingerprint density at radius 2 is 1.96 bits per heavy atom. The van der Waals surface area contributed by atoms with Gasteiger partial charge in [-0.1, -0.05) is 32.1 Å². The molecule has 1 fully saturated rings. The number of hydrogen-bond donors (Lipinski definition) is 1. The number of hydrogen-bond acceptors (Lipinski definition) is 5. The van der Waals surface area contributed by atoms with E-state index in [-0.39, 0.29) is 17.9 Å². The summed E-state index contributed by atoms with van der Waals surface area (Å²) in [5, 5.41) is 11.3. The van der Waals surface area contributed by atoms with Gasteiger partial charge < -0.3 is 10.1 Å². The zero-order valence-electron chi connectivity index (χ0n) is 15.8. The van der Waals surface area contributed by atoms with Gasteiger partial charge in [-0.25, -0.2) is 0 Å². The Labute approximate surface area is 156 Å². The summed E-state index contributed by atoms with van der Waals surface area (Å²) >= 11 is 0. The molecule has 6 heteroatoms. The lowest BCUT2D eigenvalue weighted by atomic mass is 9.84. The van der Waals surface area contributed by atoms with Gasteiger partial charge in [-0.2, -0.15) is 10.2 Å². The van der Waals surface area contributed by atoms with Crippen LogP contribution in [0, 0.1) is 18.3 Å². The molecule has 0 aromatic carbocycles. The fourth-order valence-electron chi connectivity index (χ4n) is 3.75. The van der Waals surface area contributed by atoms with Crippen LogP contribution >= 0.6 is 0 Å². The van der Waals surface area contributed by atoms with E-state index in [0.717, 1.165) is 6.42 Å². The van der Waals surface area contributed by atoms with Crippen molar-refractivity contribution in [3.05, 3.63) is 0 Å². The lowest BCUT2D eigenvalue weighted by Crippen LogP contribution is -2.37. The van der Waals surface area contributed by atoms with Crippen LogP contribution < -0.4 is 5.32 Å². The number of methoxy groups -OCH3 is 1. The van der Waals surface area contributed by atoms with Crippen molar-refractivity contribution in [3.8, 4) is 12.3 Å². The number of carbonyl (C=O) groups is 2. The van der Waals surface area contributed by atoms with Gasteiger partial charge in [0.2, 0.25) is 5.91 Å². The van der Waals surface area contributed by atoms with Crippen molar-refractivity contribution in [1.29, 1.82) is 0 Å². The molecule has 1 amide bonds. The summed E-state index contributed by atoms with van der Waals surface area (Å²) in [7, 11) is 1.40. The number of terminal acetylenes is 1. The first-order valence-electron chi connectivity index (χ1n) is 9.80. The zero-order chi connectivity index (χ0) is 18.8. The quantitative estimate of drug-likeness (QED) is 0.449. The Hall–Kier alpha value is -1.90. The normalized spacial score (nSPS) is 19.4. The summed E-state index contributed by atoms with van der Waals surface area (Å²) in [5.74, 6) is 3.02. The molecule has 0 spiro atoms. The van der Waals surface area contributed by atoms with Gasteiger partial charge in [0.05, 0.1) is 7.11 Å².